The highest BCUT2D eigenvalue weighted by Gasteiger charge is 2.21. The Morgan fingerprint density at radius 1 is 1.32 bits per heavy atom. The van der Waals surface area contributed by atoms with Gasteiger partial charge in [0.2, 0.25) is 0 Å². The van der Waals surface area contributed by atoms with Gasteiger partial charge < -0.3 is 9.88 Å². The zero-order chi connectivity index (χ0) is 13.4. The molecule has 4 nitrogen and oxygen atoms in total. The van der Waals surface area contributed by atoms with E-state index in [9.17, 15) is 0 Å². The minimum Gasteiger partial charge on any atom is -0.312 e. The van der Waals surface area contributed by atoms with Gasteiger partial charge in [0.15, 0.2) is 0 Å². The summed E-state index contributed by atoms with van der Waals surface area (Å²) in [7, 11) is 0. The first-order chi connectivity index (χ1) is 9.15. The molecule has 1 aliphatic rings. The summed E-state index contributed by atoms with van der Waals surface area (Å²) in [6.07, 6.45) is 0.719. The Labute approximate surface area is 121 Å². The Kier molecular flexibility index (Phi) is 3.48. The molecule has 0 saturated carbocycles. The van der Waals surface area contributed by atoms with E-state index in [0.29, 0.717) is 10.0 Å². The summed E-state index contributed by atoms with van der Waals surface area (Å²) in [6.45, 7) is 3.95. The van der Waals surface area contributed by atoms with Gasteiger partial charge in [-0.3, -0.25) is 0 Å². The fourth-order valence-corrected chi connectivity index (χ4v) is 2.68. The molecule has 0 aliphatic carbocycles. The monoisotopic (exact) mass is 296 g/mol. The molecule has 3 rings (SSSR count). The summed E-state index contributed by atoms with van der Waals surface area (Å²) in [5.41, 5.74) is 1.09. The van der Waals surface area contributed by atoms with Gasteiger partial charge in [0.25, 0.3) is 0 Å². The minimum absolute atomic E-state index is 0.254. The molecule has 0 spiro atoms. The Bertz CT molecular complexity index is 609. The molecular weight excluding hydrogens is 283 g/mol. The minimum atomic E-state index is 0.254. The lowest BCUT2D eigenvalue weighted by atomic mass is 10.1. The van der Waals surface area contributed by atoms with Crippen LogP contribution in [0, 0.1) is 0 Å². The fraction of sp³-hybridized carbons (Fsp3) is 0.385. The maximum atomic E-state index is 6.04. The first-order valence-electron chi connectivity index (χ1n) is 6.24. The largest absolute Gasteiger partial charge is 0.312 e. The molecule has 1 aliphatic heterocycles. The molecule has 1 unspecified atom stereocenters. The molecule has 1 N–H and O–H groups in total. The Morgan fingerprint density at radius 3 is 2.95 bits per heavy atom. The summed E-state index contributed by atoms with van der Waals surface area (Å²) in [6, 6.07) is 5.93. The second-order valence-corrected chi connectivity index (χ2v) is 5.54. The van der Waals surface area contributed by atoms with Crippen molar-refractivity contribution in [3.63, 3.8) is 0 Å². The molecule has 1 aromatic carbocycles. The SMILES string of the molecule is CC1NCCn2c(Cc3ccc(Cl)c(Cl)c3)nnc21. The quantitative estimate of drug-likeness (QED) is 0.927. The lowest BCUT2D eigenvalue weighted by Crippen LogP contribution is -2.32. The number of hydrogen-bond acceptors (Lipinski definition) is 3. The van der Waals surface area contributed by atoms with E-state index < -0.39 is 0 Å². The zero-order valence-electron chi connectivity index (χ0n) is 10.5. The van der Waals surface area contributed by atoms with Crippen LogP contribution in [0.4, 0.5) is 0 Å². The van der Waals surface area contributed by atoms with Gasteiger partial charge in [0.1, 0.15) is 11.6 Å². The number of nitrogens with zero attached hydrogens (tertiary/aromatic N) is 3. The van der Waals surface area contributed by atoms with Gasteiger partial charge in [-0.05, 0) is 24.6 Å². The van der Waals surface area contributed by atoms with Gasteiger partial charge in [0.05, 0.1) is 16.1 Å². The third-order valence-electron chi connectivity index (χ3n) is 3.38. The molecule has 2 aromatic rings. The van der Waals surface area contributed by atoms with E-state index in [-0.39, 0.29) is 6.04 Å². The van der Waals surface area contributed by atoms with Crippen molar-refractivity contribution in [2.24, 2.45) is 0 Å². The molecule has 19 heavy (non-hydrogen) atoms. The van der Waals surface area contributed by atoms with Crippen molar-refractivity contribution in [1.82, 2.24) is 20.1 Å². The smallest absolute Gasteiger partial charge is 0.149 e. The second-order valence-electron chi connectivity index (χ2n) is 4.73. The maximum absolute atomic E-state index is 6.04. The molecule has 1 atom stereocenters. The van der Waals surface area contributed by atoms with Crippen LogP contribution in [-0.4, -0.2) is 21.3 Å². The normalized spacial score (nSPS) is 18.4. The summed E-state index contributed by atoms with van der Waals surface area (Å²) in [5, 5.41) is 13.1. The van der Waals surface area contributed by atoms with Crippen molar-refractivity contribution >= 4 is 23.2 Å². The van der Waals surface area contributed by atoms with E-state index in [2.05, 4.69) is 27.0 Å². The van der Waals surface area contributed by atoms with Crippen LogP contribution in [-0.2, 0) is 13.0 Å². The van der Waals surface area contributed by atoms with Crippen LogP contribution in [0.2, 0.25) is 10.0 Å². The molecule has 0 saturated heterocycles. The van der Waals surface area contributed by atoms with Crippen LogP contribution in [0.15, 0.2) is 18.2 Å². The predicted octanol–water partition coefficient (Wildman–Crippen LogP) is 2.84. The van der Waals surface area contributed by atoms with Gasteiger partial charge in [-0.2, -0.15) is 0 Å². The number of nitrogens with one attached hydrogen (secondary N) is 1. The van der Waals surface area contributed by atoms with Crippen LogP contribution in [0.3, 0.4) is 0 Å². The molecular formula is C13H14Cl2N4. The zero-order valence-corrected chi connectivity index (χ0v) is 12.0. The lowest BCUT2D eigenvalue weighted by molar-refractivity contribution is 0.431. The molecule has 100 valence electrons. The van der Waals surface area contributed by atoms with Crippen molar-refractivity contribution in [2.45, 2.75) is 25.9 Å². The highest BCUT2D eigenvalue weighted by atomic mass is 35.5. The number of halogens is 2. The van der Waals surface area contributed by atoms with Crippen molar-refractivity contribution in [2.75, 3.05) is 6.54 Å². The summed E-state index contributed by atoms with van der Waals surface area (Å²) >= 11 is 12.0. The lowest BCUT2D eigenvalue weighted by Gasteiger charge is -2.21. The Hall–Kier alpha value is -1.10. The van der Waals surface area contributed by atoms with Gasteiger partial charge in [-0.15, -0.1) is 10.2 Å². The molecule has 0 bridgehead atoms. The fourth-order valence-electron chi connectivity index (χ4n) is 2.36. The first kappa shape index (κ1) is 12.9. The molecule has 1 aromatic heterocycles. The topological polar surface area (TPSA) is 42.7 Å². The van der Waals surface area contributed by atoms with E-state index >= 15 is 0 Å². The average molecular weight is 297 g/mol. The highest BCUT2D eigenvalue weighted by molar-refractivity contribution is 6.42. The number of aromatic nitrogens is 3. The van der Waals surface area contributed by atoms with Crippen molar-refractivity contribution < 1.29 is 0 Å². The van der Waals surface area contributed by atoms with Crippen LogP contribution < -0.4 is 5.32 Å². The van der Waals surface area contributed by atoms with Crippen molar-refractivity contribution in [1.29, 1.82) is 0 Å². The average Bonchev–Trinajstić information content (AvgIpc) is 2.79. The van der Waals surface area contributed by atoms with E-state index in [4.69, 9.17) is 23.2 Å². The Morgan fingerprint density at radius 2 is 2.16 bits per heavy atom. The number of fused-ring (bicyclic) bond motifs is 1. The molecule has 0 amide bonds. The van der Waals surface area contributed by atoms with E-state index in [1.807, 2.05) is 18.2 Å². The van der Waals surface area contributed by atoms with Crippen LogP contribution in [0.1, 0.15) is 30.2 Å². The van der Waals surface area contributed by atoms with Crippen LogP contribution in [0.5, 0.6) is 0 Å². The van der Waals surface area contributed by atoms with Gasteiger partial charge in [-0.25, -0.2) is 0 Å². The molecule has 6 heteroatoms. The van der Waals surface area contributed by atoms with Crippen molar-refractivity contribution in [3.05, 3.63) is 45.5 Å². The summed E-state index contributed by atoms with van der Waals surface area (Å²) in [4.78, 5) is 0. The van der Waals surface area contributed by atoms with E-state index in [0.717, 1.165) is 36.7 Å². The second kappa shape index (κ2) is 5.12. The molecule has 2 heterocycles. The summed E-state index contributed by atoms with van der Waals surface area (Å²) < 4.78 is 2.18. The first-order valence-corrected chi connectivity index (χ1v) is 7.00. The Balaban J connectivity index is 1.89. The summed E-state index contributed by atoms with van der Waals surface area (Å²) in [5.74, 6) is 1.98. The van der Waals surface area contributed by atoms with Gasteiger partial charge >= 0.3 is 0 Å². The van der Waals surface area contributed by atoms with E-state index in [1.165, 1.54) is 0 Å². The third kappa shape index (κ3) is 2.48. The van der Waals surface area contributed by atoms with Gasteiger partial charge in [-0.1, -0.05) is 29.3 Å². The standard InChI is InChI=1S/C13H14Cl2N4/c1-8-13-18-17-12(19(13)5-4-16-8)7-9-2-3-10(14)11(15)6-9/h2-3,6,8,16H,4-5,7H2,1H3. The van der Waals surface area contributed by atoms with Gasteiger partial charge in [0, 0.05) is 19.5 Å². The number of benzene rings is 1. The molecule has 0 fully saturated rings. The third-order valence-corrected chi connectivity index (χ3v) is 4.11. The number of hydrogen-bond donors (Lipinski definition) is 1. The van der Waals surface area contributed by atoms with Crippen LogP contribution in [0.25, 0.3) is 0 Å². The molecule has 0 radical (unpaired) electrons. The predicted molar refractivity (Wildman–Crippen MR) is 75.7 cm³/mol. The van der Waals surface area contributed by atoms with Crippen LogP contribution >= 0.6 is 23.2 Å². The number of rotatable bonds is 2. The maximum Gasteiger partial charge on any atom is 0.149 e. The highest BCUT2D eigenvalue weighted by Crippen LogP contribution is 2.24. The van der Waals surface area contributed by atoms with E-state index in [1.54, 1.807) is 0 Å². The van der Waals surface area contributed by atoms with Crippen molar-refractivity contribution in [3.8, 4) is 0 Å².